The van der Waals surface area contributed by atoms with Gasteiger partial charge in [-0.1, -0.05) is 6.07 Å². The van der Waals surface area contributed by atoms with Gasteiger partial charge in [-0.25, -0.2) is 4.39 Å². The molecule has 1 aromatic heterocycles. The summed E-state index contributed by atoms with van der Waals surface area (Å²) >= 11 is 0. The van der Waals surface area contributed by atoms with Gasteiger partial charge < -0.3 is 10.1 Å². The molecule has 0 fully saturated rings. The van der Waals surface area contributed by atoms with Crippen molar-refractivity contribution in [3.63, 3.8) is 0 Å². The first-order valence-electron chi connectivity index (χ1n) is 6.16. The summed E-state index contributed by atoms with van der Waals surface area (Å²) in [4.78, 5) is 3.98. The number of pyridine rings is 1. The predicted molar refractivity (Wildman–Crippen MR) is 72.4 cm³/mol. The van der Waals surface area contributed by atoms with Crippen molar-refractivity contribution in [3.05, 3.63) is 59.7 Å². The zero-order valence-electron chi connectivity index (χ0n) is 11.1. The standard InChI is InChI=1S/C15H17FN2O/c1-11(12-5-7-17-8-6-12)18-10-13-3-4-14(19-2)9-15(13)16/h3-9,11,18H,10H2,1-2H3/t11-/m0/s1. The number of ether oxygens (including phenoxy) is 1. The van der Waals surface area contributed by atoms with Gasteiger partial charge in [0.2, 0.25) is 0 Å². The Balaban J connectivity index is 1.99. The normalized spacial score (nSPS) is 12.2. The molecule has 2 aromatic rings. The average Bonchev–Trinajstić information content (AvgIpc) is 2.46. The molecule has 1 atom stereocenters. The molecule has 0 radical (unpaired) electrons. The van der Waals surface area contributed by atoms with Crippen LogP contribution in [0.5, 0.6) is 5.75 Å². The van der Waals surface area contributed by atoms with Crippen molar-refractivity contribution in [1.82, 2.24) is 10.3 Å². The number of rotatable bonds is 5. The lowest BCUT2D eigenvalue weighted by Crippen LogP contribution is -2.18. The summed E-state index contributed by atoms with van der Waals surface area (Å²) < 4.78 is 18.7. The van der Waals surface area contributed by atoms with Crippen molar-refractivity contribution >= 4 is 0 Å². The van der Waals surface area contributed by atoms with Gasteiger partial charge in [-0.05, 0) is 30.7 Å². The highest BCUT2D eigenvalue weighted by atomic mass is 19.1. The molecular weight excluding hydrogens is 243 g/mol. The second-order valence-corrected chi connectivity index (χ2v) is 4.34. The number of hydrogen-bond donors (Lipinski definition) is 1. The van der Waals surface area contributed by atoms with Crippen molar-refractivity contribution in [2.24, 2.45) is 0 Å². The van der Waals surface area contributed by atoms with Gasteiger partial charge >= 0.3 is 0 Å². The van der Waals surface area contributed by atoms with Gasteiger partial charge in [0.1, 0.15) is 11.6 Å². The first-order chi connectivity index (χ1) is 9.20. The molecule has 0 saturated carbocycles. The maximum absolute atomic E-state index is 13.8. The third-order valence-corrected chi connectivity index (χ3v) is 3.07. The second kappa shape index (κ2) is 6.29. The number of aromatic nitrogens is 1. The molecule has 100 valence electrons. The minimum atomic E-state index is -0.256. The van der Waals surface area contributed by atoms with Crippen LogP contribution in [0.3, 0.4) is 0 Å². The van der Waals surface area contributed by atoms with Crippen molar-refractivity contribution in [2.45, 2.75) is 19.5 Å². The lowest BCUT2D eigenvalue weighted by Gasteiger charge is -2.14. The number of benzene rings is 1. The smallest absolute Gasteiger partial charge is 0.131 e. The third kappa shape index (κ3) is 3.51. The molecule has 19 heavy (non-hydrogen) atoms. The van der Waals surface area contributed by atoms with Crippen molar-refractivity contribution in [3.8, 4) is 5.75 Å². The van der Waals surface area contributed by atoms with E-state index in [9.17, 15) is 4.39 Å². The SMILES string of the molecule is COc1ccc(CN[C@@H](C)c2ccncc2)c(F)c1. The summed E-state index contributed by atoms with van der Waals surface area (Å²) in [7, 11) is 1.53. The molecule has 1 aromatic carbocycles. The van der Waals surface area contributed by atoms with E-state index in [0.717, 1.165) is 5.56 Å². The predicted octanol–water partition coefficient (Wildman–Crippen LogP) is 3.08. The number of nitrogens with zero attached hydrogens (tertiary/aromatic N) is 1. The number of nitrogens with one attached hydrogen (secondary N) is 1. The molecular formula is C15H17FN2O. The Bertz CT molecular complexity index is 531. The van der Waals surface area contributed by atoms with Crippen LogP contribution in [0.25, 0.3) is 0 Å². The van der Waals surface area contributed by atoms with Crippen LogP contribution in [0.4, 0.5) is 4.39 Å². The molecule has 0 amide bonds. The van der Waals surface area contributed by atoms with E-state index in [1.807, 2.05) is 19.1 Å². The van der Waals surface area contributed by atoms with E-state index in [-0.39, 0.29) is 11.9 Å². The zero-order valence-corrected chi connectivity index (χ0v) is 11.1. The number of halogens is 1. The molecule has 3 nitrogen and oxygen atoms in total. The average molecular weight is 260 g/mol. The Morgan fingerprint density at radius 3 is 2.63 bits per heavy atom. The lowest BCUT2D eigenvalue weighted by atomic mass is 10.1. The van der Waals surface area contributed by atoms with Crippen LogP contribution < -0.4 is 10.1 Å². The highest BCUT2D eigenvalue weighted by Crippen LogP contribution is 2.17. The summed E-state index contributed by atoms with van der Waals surface area (Å²) in [5, 5.41) is 3.28. The molecule has 0 aliphatic heterocycles. The second-order valence-electron chi connectivity index (χ2n) is 4.34. The van der Waals surface area contributed by atoms with Crippen LogP contribution in [0.15, 0.2) is 42.7 Å². The van der Waals surface area contributed by atoms with Gasteiger partial charge in [-0.2, -0.15) is 0 Å². The molecule has 0 aliphatic rings. The Kier molecular flexibility index (Phi) is 4.47. The molecule has 0 unspecified atom stereocenters. The van der Waals surface area contributed by atoms with E-state index in [1.165, 1.54) is 13.2 Å². The fraction of sp³-hybridized carbons (Fsp3) is 0.267. The topological polar surface area (TPSA) is 34.1 Å². The van der Waals surface area contributed by atoms with E-state index in [2.05, 4.69) is 10.3 Å². The summed E-state index contributed by atoms with van der Waals surface area (Å²) in [6.07, 6.45) is 3.50. The van der Waals surface area contributed by atoms with Gasteiger partial charge in [0.05, 0.1) is 7.11 Å². The summed E-state index contributed by atoms with van der Waals surface area (Å²) in [6.45, 7) is 2.51. The van der Waals surface area contributed by atoms with E-state index in [0.29, 0.717) is 17.9 Å². The molecule has 1 heterocycles. The first kappa shape index (κ1) is 13.5. The Hall–Kier alpha value is -1.94. The largest absolute Gasteiger partial charge is 0.497 e. The third-order valence-electron chi connectivity index (χ3n) is 3.07. The number of hydrogen-bond acceptors (Lipinski definition) is 3. The molecule has 0 spiro atoms. The van der Waals surface area contributed by atoms with Crippen LogP contribution in [0.2, 0.25) is 0 Å². The van der Waals surface area contributed by atoms with E-state index in [4.69, 9.17) is 4.74 Å². The first-order valence-corrected chi connectivity index (χ1v) is 6.16. The zero-order chi connectivity index (χ0) is 13.7. The molecule has 0 bridgehead atoms. The van der Waals surface area contributed by atoms with Crippen molar-refractivity contribution in [1.29, 1.82) is 0 Å². The molecule has 2 rings (SSSR count). The molecule has 0 aliphatic carbocycles. The van der Waals surface area contributed by atoms with Crippen LogP contribution >= 0.6 is 0 Å². The van der Waals surface area contributed by atoms with Crippen molar-refractivity contribution in [2.75, 3.05) is 7.11 Å². The minimum absolute atomic E-state index is 0.143. The maximum Gasteiger partial charge on any atom is 0.131 e. The van der Waals surface area contributed by atoms with Gasteiger partial charge in [0.15, 0.2) is 0 Å². The van der Waals surface area contributed by atoms with E-state index < -0.39 is 0 Å². The Morgan fingerprint density at radius 1 is 1.26 bits per heavy atom. The van der Waals surface area contributed by atoms with E-state index in [1.54, 1.807) is 24.5 Å². The molecule has 1 N–H and O–H groups in total. The lowest BCUT2D eigenvalue weighted by molar-refractivity contribution is 0.410. The summed E-state index contributed by atoms with van der Waals surface area (Å²) in [5.41, 5.74) is 1.76. The maximum atomic E-state index is 13.8. The van der Waals surface area contributed by atoms with Gasteiger partial charge in [0, 0.05) is 36.6 Å². The summed E-state index contributed by atoms with van der Waals surface area (Å²) in [5.74, 6) is 0.275. The molecule has 0 saturated heterocycles. The van der Waals surface area contributed by atoms with E-state index >= 15 is 0 Å². The molecule has 4 heteroatoms. The Morgan fingerprint density at radius 2 is 2.00 bits per heavy atom. The monoisotopic (exact) mass is 260 g/mol. The van der Waals surface area contributed by atoms with Crippen LogP contribution in [-0.4, -0.2) is 12.1 Å². The summed E-state index contributed by atoms with van der Waals surface area (Å²) in [6, 6.07) is 8.93. The Labute approximate surface area is 112 Å². The van der Waals surface area contributed by atoms with Crippen LogP contribution in [0, 0.1) is 5.82 Å². The minimum Gasteiger partial charge on any atom is -0.497 e. The van der Waals surface area contributed by atoms with Crippen LogP contribution in [0.1, 0.15) is 24.1 Å². The van der Waals surface area contributed by atoms with Crippen molar-refractivity contribution < 1.29 is 9.13 Å². The fourth-order valence-corrected chi connectivity index (χ4v) is 1.83. The number of methoxy groups -OCH3 is 1. The van der Waals surface area contributed by atoms with Gasteiger partial charge in [-0.15, -0.1) is 0 Å². The van der Waals surface area contributed by atoms with Crippen LogP contribution in [-0.2, 0) is 6.54 Å². The fourth-order valence-electron chi connectivity index (χ4n) is 1.83. The highest BCUT2D eigenvalue weighted by molar-refractivity contribution is 5.29. The quantitative estimate of drug-likeness (QED) is 0.897. The van der Waals surface area contributed by atoms with Gasteiger partial charge in [-0.3, -0.25) is 4.98 Å². The highest BCUT2D eigenvalue weighted by Gasteiger charge is 2.07. The van der Waals surface area contributed by atoms with Gasteiger partial charge in [0.25, 0.3) is 0 Å².